The highest BCUT2D eigenvalue weighted by Crippen LogP contribution is 2.30. The summed E-state index contributed by atoms with van der Waals surface area (Å²) in [6.45, 7) is 12.7. The Morgan fingerprint density at radius 1 is 1.00 bits per heavy atom. The van der Waals surface area contributed by atoms with Crippen molar-refractivity contribution in [2.75, 3.05) is 13.2 Å². The van der Waals surface area contributed by atoms with Gasteiger partial charge in [0.1, 0.15) is 24.4 Å². The number of carbonyl (C=O) groups excluding carboxylic acids is 4. The Morgan fingerprint density at radius 3 is 1.82 bits per heavy atom. The molecule has 0 bridgehead atoms. The summed E-state index contributed by atoms with van der Waals surface area (Å²) in [6.07, 6.45) is 2.62. The molecule has 8 nitrogen and oxygen atoms in total. The first-order chi connectivity index (χ1) is 15.8. The highest BCUT2D eigenvalue weighted by molar-refractivity contribution is 6.88. The molecule has 2 aliphatic rings. The van der Waals surface area contributed by atoms with E-state index in [1.807, 2.05) is 0 Å². The van der Waals surface area contributed by atoms with Crippen molar-refractivity contribution in [3.05, 3.63) is 0 Å². The van der Waals surface area contributed by atoms with E-state index in [1.165, 1.54) is 11.7 Å². The van der Waals surface area contributed by atoms with Gasteiger partial charge in [-0.15, -0.1) is 0 Å². The molecule has 0 N–H and O–H groups in total. The van der Waals surface area contributed by atoms with Crippen LogP contribution < -0.4 is 0 Å². The molecule has 34 heavy (non-hydrogen) atoms. The van der Waals surface area contributed by atoms with Crippen LogP contribution in [0.15, 0.2) is 0 Å². The molecule has 194 valence electrons. The van der Waals surface area contributed by atoms with Gasteiger partial charge in [0, 0.05) is 42.6 Å². The Bertz CT molecular complexity index is 724. The fourth-order valence-corrected chi connectivity index (χ4v) is 16.1. The Morgan fingerprint density at radius 2 is 1.47 bits per heavy atom. The summed E-state index contributed by atoms with van der Waals surface area (Å²) in [5.74, 6) is -2.98. The maximum atomic E-state index is 13.0. The molecule has 0 aromatic carbocycles. The molecule has 2 saturated heterocycles. The molecule has 0 aromatic rings. The monoisotopic (exact) mass is 514 g/mol. The molecule has 3 atom stereocenters. The summed E-state index contributed by atoms with van der Waals surface area (Å²) < 4.78 is 21.5. The van der Waals surface area contributed by atoms with Crippen LogP contribution in [-0.4, -0.2) is 65.2 Å². The number of rotatable bonds is 13. The summed E-state index contributed by atoms with van der Waals surface area (Å²) in [7, 11) is -2.10. The lowest BCUT2D eigenvalue weighted by molar-refractivity contribution is -0.174. The van der Waals surface area contributed by atoms with Gasteiger partial charge >= 0.3 is 23.9 Å². The SMILES string of the molecule is CC[Si](C)(CCCC(C(=O)OCC1(C)CCC(=O)O1)C(=O)OCC1(C)CCC(=O)O1)C[SiH](C)C. The normalized spacial score (nSPS) is 27.1. The quantitative estimate of drug-likeness (QED) is 0.158. The topological polar surface area (TPSA) is 105 Å². The van der Waals surface area contributed by atoms with E-state index < -0.39 is 45.9 Å². The second-order valence-electron chi connectivity index (χ2n) is 11.3. The average Bonchev–Trinajstić information content (AvgIpc) is 3.28. The minimum absolute atomic E-state index is 0.0863. The lowest BCUT2D eigenvalue weighted by atomic mass is 10.0. The smallest absolute Gasteiger partial charge is 0.320 e. The first kappa shape index (κ1) is 28.6. The van der Waals surface area contributed by atoms with E-state index in [1.54, 1.807) is 13.8 Å². The molecule has 3 unspecified atom stereocenters. The fourth-order valence-electron chi connectivity index (χ4n) is 4.81. The van der Waals surface area contributed by atoms with Gasteiger partial charge < -0.3 is 18.9 Å². The molecule has 10 heteroatoms. The van der Waals surface area contributed by atoms with Crippen LogP contribution >= 0.6 is 0 Å². The average molecular weight is 515 g/mol. The third kappa shape index (κ3) is 8.51. The van der Waals surface area contributed by atoms with Crippen LogP contribution in [0.5, 0.6) is 0 Å². The summed E-state index contributed by atoms with van der Waals surface area (Å²) in [6, 6.07) is 2.24. The molecular formula is C24H42O8Si2. The predicted molar refractivity (Wildman–Crippen MR) is 133 cm³/mol. The highest BCUT2D eigenvalue weighted by atomic mass is 28.4. The fraction of sp³-hybridized carbons (Fsp3) is 0.833. The molecule has 0 radical (unpaired) electrons. The maximum absolute atomic E-state index is 13.0. The molecular weight excluding hydrogens is 472 g/mol. The van der Waals surface area contributed by atoms with Crippen LogP contribution in [0.4, 0.5) is 0 Å². The van der Waals surface area contributed by atoms with Crippen LogP contribution in [0, 0.1) is 5.92 Å². The van der Waals surface area contributed by atoms with Gasteiger partial charge in [0.15, 0.2) is 5.92 Å². The lowest BCUT2D eigenvalue weighted by Gasteiger charge is -2.28. The zero-order chi connectivity index (χ0) is 25.6. The van der Waals surface area contributed by atoms with Crippen molar-refractivity contribution >= 4 is 40.7 Å². The van der Waals surface area contributed by atoms with Gasteiger partial charge in [-0.25, -0.2) is 0 Å². The minimum atomic E-state index is -1.40. The number of cyclic esters (lactones) is 2. The van der Waals surface area contributed by atoms with Crippen LogP contribution in [0.1, 0.15) is 59.3 Å². The standard InChI is InChI=1S/C24H42O8Si2/c1-7-34(6,17-33(4)5)14-8-9-18(21(27)29-15-23(2)12-10-19(25)31-23)22(28)30-16-24(3)13-11-20(26)32-24/h18,33H,7-17H2,1-6H3. The van der Waals surface area contributed by atoms with Crippen molar-refractivity contribution in [3.8, 4) is 0 Å². The lowest BCUT2D eigenvalue weighted by Crippen LogP contribution is -2.38. The zero-order valence-corrected chi connectivity index (χ0v) is 23.9. The number of esters is 4. The first-order valence-corrected chi connectivity index (χ1v) is 18.8. The number of hydrogen-bond acceptors (Lipinski definition) is 8. The first-order valence-electron chi connectivity index (χ1n) is 12.6. The van der Waals surface area contributed by atoms with Gasteiger partial charge in [-0.1, -0.05) is 50.7 Å². The van der Waals surface area contributed by atoms with Crippen molar-refractivity contribution in [2.24, 2.45) is 5.92 Å². The zero-order valence-electron chi connectivity index (χ0n) is 21.7. The molecule has 2 heterocycles. The van der Waals surface area contributed by atoms with E-state index in [-0.39, 0.29) is 38.0 Å². The number of carbonyl (C=O) groups is 4. The van der Waals surface area contributed by atoms with Crippen molar-refractivity contribution in [3.63, 3.8) is 0 Å². The molecule has 2 fully saturated rings. The van der Waals surface area contributed by atoms with Gasteiger partial charge in [0.05, 0.1) is 0 Å². The summed E-state index contributed by atoms with van der Waals surface area (Å²) in [5.41, 5.74) is -0.374. The van der Waals surface area contributed by atoms with E-state index >= 15 is 0 Å². The van der Waals surface area contributed by atoms with Crippen LogP contribution in [-0.2, 0) is 38.1 Å². The van der Waals surface area contributed by atoms with Crippen LogP contribution in [0.3, 0.4) is 0 Å². The Labute approximate surface area is 206 Å². The van der Waals surface area contributed by atoms with E-state index in [2.05, 4.69) is 26.6 Å². The highest BCUT2D eigenvalue weighted by Gasteiger charge is 2.41. The van der Waals surface area contributed by atoms with Gasteiger partial charge in [-0.2, -0.15) is 0 Å². The van der Waals surface area contributed by atoms with Crippen molar-refractivity contribution in [1.82, 2.24) is 0 Å². The number of ether oxygens (including phenoxy) is 4. The maximum Gasteiger partial charge on any atom is 0.320 e. The third-order valence-electron chi connectivity index (χ3n) is 7.07. The summed E-state index contributed by atoms with van der Waals surface area (Å²) >= 11 is 0. The van der Waals surface area contributed by atoms with E-state index in [9.17, 15) is 19.2 Å². The molecule has 0 amide bonds. The van der Waals surface area contributed by atoms with Crippen LogP contribution in [0.25, 0.3) is 0 Å². The Hall–Kier alpha value is -1.69. The Kier molecular flexibility index (Phi) is 9.94. The summed E-state index contributed by atoms with van der Waals surface area (Å²) in [4.78, 5) is 48.9. The number of hydrogen-bond donors (Lipinski definition) is 0. The second kappa shape index (κ2) is 11.8. The third-order valence-corrected chi connectivity index (χ3v) is 17.5. The molecule has 2 aliphatic heterocycles. The van der Waals surface area contributed by atoms with Crippen molar-refractivity contribution in [1.29, 1.82) is 0 Å². The molecule has 0 aromatic heterocycles. The molecule has 0 aliphatic carbocycles. The molecule has 0 saturated carbocycles. The molecule has 2 rings (SSSR count). The van der Waals surface area contributed by atoms with Crippen molar-refractivity contribution < 1.29 is 38.1 Å². The predicted octanol–water partition coefficient (Wildman–Crippen LogP) is 3.79. The van der Waals surface area contributed by atoms with E-state index in [4.69, 9.17) is 18.9 Å². The summed E-state index contributed by atoms with van der Waals surface area (Å²) in [5, 5.41) is 0. The van der Waals surface area contributed by atoms with E-state index in [0.717, 1.165) is 12.5 Å². The Balaban J connectivity index is 2.00. The molecule has 0 spiro atoms. The largest absolute Gasteiger partial charge is 0.461 e. The van der Waals surface area contributed by atoms with Gasteiger partial charge in [0.25, 0.3) is 0 Å². The van der Waals surface area contributed by atoms with Gasteiger partial charge in [-0.05, 0) is 20.3 Å². The van der Waals surface area contributed by atoms with Gasteiger partial charge in [-0.3, -0.25) is 19.2 Å². The van der Waals surface area contributed by atoms with E-state index in [0.29, 0.717) is 19.3 Å². The second-order valence-corrected chi connectivity index (χ2v) is 20.5. The van der Waals surface area contributed by atoms with Crippen molar-refractivity contribution in [2.45, 2.75) is 108 Å². The minimum Gasteiger partial charge on any atom is -0.461 e. The van der Waals surface area contributed by atoms with Crippen LogP contribution in [0.2, 0.25) is 37.4 Å². The van der Waals surface area contributed by atoms with Gasteiger partial charge in [0.2, 0.25) is 0 Å².